The Morgan fingerprint density at radius 3 is 2.78 bits per heavy atom. The number of benzene rings is 2. The molecule has 5 aromatic rings. The zero-order chi connectivity index (χ0) is 22.1. The Hall–Kier alpha value is -3.71. The van der Waals surface area contributed by atoms with Gasteiger partial charge in [-0.2, -0.15) is 0 Å². The number of aromatic nitrogens is 2. The van der Waals surface area contributed by atoms with Gasteiger partial charge < -0.3 is 9.15 Å². The number of fused-ring (bicyclic) bond motifs is 2. The van der Waals surface area contributed by atoms with E-state index >= 15 is 0 Å². The molecule has 0 fully saturated rings. The van der Waals surface area contributed by atoms with Crippen LogP contribution in [0.1, 0.15) is 28.7 Å². The number of furan rings is 1. The lowest BCUT2D eigenvalue weighted by Gasteiger charge is -2.18. The molecule has 0 saturated heterocycles. The summed E-state index contributed by atoms with van der Waals surface area (Å²) in [5, 5.41) is 1.42. The first-order valence-corrected chi connectivity index (χ1v) is 11.2. The van der Waals surface area contributed by atoms with E-state index in [1.807, 2.05) is 68.4 Å². The normalized spacial score (nSPS) is 11.2. The second-order valence-electron chi connectivity index (χ2n) is 7.35. The van der Waals surface area contributed by atoms with Crippen molar-refractivity contribution in [2.24, 2.45) is 0 Å². The first kappa shape index (κ1) is 20.2. The molecule has 3 heterocycles. The van der Waals surface area contributed by atoms with Crippen molar-refractivity contribution in [1.29, 1.82) is 0 Å². The molecule has 0 radical (unpaired) electrons. The van der Waals surface area contributed by atoms with Gasteiger partial charge in [0.25, 0.3) is 5.91 Å². The van der Waals surface area contributed by atoms with Crippen LogP contribution in [-0.4, -0.2) is 22.5 Å². The Bertz CT molecular complexity index is 1410. The molecule has 6 nitrogen and oxygen atoms in total. The number of amides is 1. The van der Waals surface area contributed by atoms with E-state index < -0.39 is 0 Å². The molecule has 0 spiro atoms. The number of pyridine rings is 1. The molecule has 0 atom stereocenters. The van der Waals surface area contributed by atoms with Crippen molar-refractivity contribution in [2.75, 3.05) is 11.5 Å². The molecule has 7 heteroatoms. The van der Waals surface area contributed by atoms with E-state index in [-0.39, 0.29) is 18.2 Å². The zero-order valence-electron chi connectivity index (χ0n) is 17.7. The Kier molecular flexibility index (Phi) is 5.33. The summed E-state index contributed by atoms with van der Waals surface area (Å²) in [5.41, 5.74) is 3.30. The Morgan fingerprint density at radius 1 is 1.12 bits per heavy atom. The van der Waals surface area contributed by atoms with Gasteiger partial charge in [0, 0.05) is 11.6 Å². The standard InChI is InChI=1S/C25H21N3O3S/c1-3-30-19-11-7-9-17-14-20(31-23(17)19)24(29)28(15-18-10-4-5-13-26-18)25-27-22-16(2)8-6-12-21(22)32-25/h4-14H,3,15H2,1-2H3. The maximum Gasteiger partial charge on any atom is 0.296 e. The molecule has 0 aliphatic rings. The van der Waals surface area contributed by atoms with Crippen molar-refractivity contribution >= 4 is 43.6 Å². The molecule has 2 aromatic carbocycles. The van der Waals surface area contributed by atoms with Crippen LogP contribution in [-0.2, 0) is 6.54 Å². The average molecular weight is 444 g/mol. The fourth-order valence-electron chi connectivity index (χ4n) is 3.61. The molecule has 32 heavy (non-hydrogen) atoms. The Labute approximate surface area is 189 Å². The number of aryl methyl sites for hydroxylation is 1. The zero-order valence-corrected chi connectivity index (χ0v) is 18.6. The highest BCUT2D eigenvalue weighted by Gasteiger charge is 2.26. The fraction of sp³-hybridized carbons (Fsp3) is 0.160. The Balaban J connectivity index is 1.59. The van der Waals surface area contributed by atoms with E-state index in [0.717, 1.165) is 26.9 Å². The molecule has 5 rings (SSSR count). The van der Waals surface area contributed by atoms with Crippen LogP contribution in [0.25, 0.3) is 21.2 Å². The number of ether oxygens (including phenoxy) is 1. The molecule has 0 aliphatic carbocycles. The summed E-state index contributed by atoms with van der Waals surface area (Å²) in [4.78, 5) is 24.5. The molecular weight excluding hydrogens is 422 g/mol. The highest BCUT2D eigenvalue weighted by Crippen LogP contribution is 2.34. The lowest BCUT2D eigenvalue weighted by atomic mass is 10.2. The van der Waals surface area contributed by atoms with Gasteiger partial charge in [-0.05, 0) is 49.7 Å². The number of hydrogen-bond donors (Lipinski definition) is 0. The van der Waals surface area contributed by atoms with Gasteiger partial charge in [-0.15, -0.1) is 0 Å². The molecular formula is C25H21N3O3S. The van der Waals surface area contributed by atoms with E-state index in [1.54, 1.807) is 17.2 Å². The summed E-state index contributed by atoms with van der Waals surface area (Å²) in [6, 6.07) is 19.1. The van der Waals surface area contributed by atoms with Gasteiger partial charge >= 0.3 is 0 Å². The van der Waals surface area contributed by atoms with Gasteiger partial charge in [0.05, 0.1) is 29.1 Å². The predicted molar refractivity (Wildman–Crippen MR) is 126 cm³/mol. The van der Waals surface area contributed by atoms with Crippen molar-refractivity contribution in [1.82, 2.24) is 9.97 Å². The largest absolute Gasteiger partial charge is 0.490 e. The predicted octanol–water partition coefficient (Wildman–Crippen LogP) is 5.99. The van der Waals surface area contributed by atoms with E-state index in [4.69, 9.17) is 14.1 Å². The minimum atomic E-state index is -0.272. The van der Waals surface area contributed by atoms with Crippen molar-refractivity contribution in [3.05, 3.63) is 83.9 Å². The van der Waals surface area contributed by atoms with Crippen LogP contribution in [0.4, 0.5) is 5.13 Å². The maximum absolute atomic E-state index is 13.7. The van der Waals surface area contributed by atoms with Gasteiger partial charge in [-0.3, -0.25) is 14.7 Å². The first-order chi connectivity index (χ1) is 15.6. The monoisotopic (exact) mass is 443 g/mol. The summed E-state index contributed by atoms with van der Waals surface area (Å²) in [6.07, 6.45) is 1.72. The second-order valence-corrected chi connectivity index (χ2v) is 8.36. The van der Waals surface area contributed by atoms with Crippen LogP contribution in [0.15, 0.2) is 71.3 Å². The molecule has 0 N–H and O–H groups in total. The summed E-state index contributed by atoms with van der Waals surface area (Å²) in [6.45, 7) is 4.73. The number of hydrogen-bond acceptors (Lipinski definition) is 6. The van der Waals surface area contributed by atoms with Crippen molar-refractivity contribution in [3.63, 3.8) is 0 Å². The van der Waals surface area contributed by atoms with E-state index in [9.17, 15) is 4.79 Å². The molecule has 0 saturated carbocycles. The first-order valence-electron chi connectivity index (χ1n) is 10.4. The number of carbonyl (C=O) groups is 1. The fourth-order valence-corrected chi connectivity index (χ4v) is 4.66. The third kappa shape index (κ3) is 3.71. The van der Waals surface area contributed by atoms with Crippen LogP contribution < -0.4 is 9.64 Å². The van der Waals surface area contributed by atoms with Crippen LogP contribution in [0, 0.1) is 6.92 Å². The van der Waals surface area contributed by atoms with Gasteiger partial charge in [0.1, 0.15) is 0 Å². The van der Waals surface area contributed by atoms with Crippen molar-refractivity contribution in [2.45, 2.75) is 20.4 Å². The van der Waals surface area contributed by atoms with Crippen LogP contribution in [0.5, 0.6) is 5.75 Å². The van der Waals surface area contributed by atoms with Gasteiger partial charge in [-0.25, -0.2) is 4.98 Å². The number of nitrogens with zero attached hydrogens (tertiary/aromatic N) is 3. The number of carbonyl (C=O) groups excluding carboxylic acids is 1. The highest BCUT2D eigenvalue weighted by atomic mass is 32.1. The Morgan fingerprint density at radius 2 is 2.00 bits per heavy atom. The number of rotatable bonds is 6. The van der Waals surface area contributed by atoms with Gasteiger partial charge in [0.2, 0.25) is 0 Å². The summed E-state index contributed by atoms with van der Waals surface area (Å²) in [7, 11) is 0. The minimum Gasteiger partial charge on any atom is -0.490 e. The van der Waals surface area contributed by atoms with Crippen LogP contribution >= 0.6 is 11.3 Å². The summed E-state index contributed by atoms with van der Waals surface area (Å²) >= 11 is 1.48. The summed E-state index contributed by atoms with van der Waals surface area (Å²) in [5.74, 6) is 0.584. The lowest BCUT2D eigenvalue weighted by molar-refractivity contribution is 0.0960. The minimum absolute atomic E-state index is 0.235. The number of anilines is 1. The quantitative estimate of drug-likeness (QED) is 0.322. The van der Waals surface area contributed by atoms with E-state index in [1.165, 1.54) is 11.3 Å². The molecule has 0 unspecified atom stereocenters. The lowest BCUT2D eigenvalue weighted by Crippen LogP contribution is -2.30. The van der Waals surface area contributed by atoms with E-state index in [0.29, 0.717) is 23.1 Å². The number of thiazole rings is 1. The number of para-hydroxylation sites is 2. The molecule has 160 valence electrons. The van der Waals surface area contributed by atoms with E-state index in [2.05, 4.69) is 4.98 Å². The average Bonchev–Trinajstić information content (AvgIpc) is 3.44. The molecule has 1 amide bonds. The topological polar surface area (TPSA) is 68.5 Å². The summed E-state index contributed by atoms with van der Waals surface area (Å²) < 4.78 is 12.7. The third-order valence-corrected chi connectivity index (χ3v) is 6.19. The highest BCUT2D eigenvalue weighted by molar-refractivity contribution is 7.22. The second kappa shape index (κ2) is 8.43. The SMILES string of the molecule is CCOc1cccc2cc(C(=O)N(Cc3ccccn3)c3nc4c(C)cccc4s3)oc12. The molecule has 0 bridgehead atoms. The van der Waals surface area contributed by atoms with Crippen LogP contribution in [0.2, 0.25) is 0 Å². The molecule has 0 aliphatic heterocycles. The van der Waals surface area contributed by atoms with Crippen LogP contribution in [0.3, 0.4) is 0 Å². The van der Waals surface area contributed by atoms with Crippen molar-refractivity contribution in [3.8, 4) is 5.75 Å². The smallest absolute Gasteiger partial charge is 0.296 e. The molecule has 3 aromatic heterocycles. The van der Waals surface area contributed by atoms with Crippen molar-refractivity contribution < 1.29 is 13.9 Å². The third-order valence-electron chi connectivity index (χ3n) is 5.15. The maximum atomic E-state index is 13.7. The van der Waals surface area contributed by atoms with Gasteiger partial charge in [0.15, 0.2) is 22.2 Å². The van der Waals surface area contributed by atoms with Gasteiger partial charge in [-0.1, -0.05) is 41.7 Å².